The Balaban J connectivity index is 3.14. The SMILES string of the molecule is CSc1cccc(O)c1O. The summed E-state index contributed by atoms with van der Waals surface area (Å²) in [4.78, 5) is 0.694. The molecule has 0 atom stereocenters. The number of benzene rings is 1. The van der Waals surface area contributed by atoms with E-state index in [1.165, 1.54) is 17.8 Å². The van der Waals surface area contributed by atoms with Crippen molar-refractivity contribution in [1.29, 1.82) is 0 Å². The lowest BCUT2D eigenvalue weighted by molar-refractivity contribution is 0.395. The number of hydrogen-bond acceptors (Lipinski definition) is 3. The zero-order valence-corrected chi connectivity index (χ0v) is 6.35. The van der Waals surface area contributed by atoms with E-state index in [-0.39, 0.29) is 11.5 Å². The summed E-state index contributed by atoms with van der Waals surface area (Å²) in [5.74, 6) is -0.0955. The highest BCUT2D eigenvalue weighted by molar-refractivity contribution is 7.98. The molecule has 0 radical (unpaired) electrons. The molecule has 0 aliphatic carbocycles. The van der Waals surface area contributed by atoms with E-state index in [1.807, 2.05) is 6.26 Å². The first-order chi connectivity index (χ1) is 4.75. The Hall–Kier alpha value is -0.830. The highest BCUT2D eigenvalue weighted by atomic mass is 32.2. The van der Waals surface area contributed by atoms with Crippen molar-refractivity contribution >= 4 is 11.8 Å². The minimum absolute atomic E-state index is 0.0324. The first kappa shape index (κ1) is 7.28. The van der Waals surface area contributed by atoms with E-state index in [0.717, 1.165) is 0 Å². The van der Waals surface area contributed by atoms with E-state index in [9.17, 15) is 0 Å². The highest BCUT2D eigenvalue weighted by Gasteiger charge is 2.02. The maximum absolute atomic E-state index is 9.13. The molecule has 10 heavy (non-hydrogen) atoms. The number of phenols is 2. The third-order valence-electron chi connectivity index (χ3n) is 1.20. The van der Waals surface area contributed by atoms with E-state index in [0.29, 0.717) is 4.90 Å². The fraction of sp³-hybridized carbons (Fsp3) is 0.143. The summed E-state index contributed by atoms with van der Waals surface area (Å²) in [6, 6.07) is 4.90. The minimum Gasteiger partial charge on any atom is -0.504 e. The van der Waals surface area contributed by atoms with Crippen LogP contribution in [-0.4, -0.2) is 16.5 Å². The Labute approximate surface area is 63.5 Å². The van der Waals surface area contributed by atoms with Crippen molar-refractivity contribution in [1.82, 2.24) is 0 Å². The number of thioether (sulfide) groups is 1. The van der Waals surface area contributed by atoms with Crippen LogP contribution in [0.5, 0.6) is 11.5 Å². The summed E-state index contributed by atoms with van der Waals surface area (Å²) in [6.45, 7) is 0. The summed E-state index contributed by atoms with van der Waals surface area (Å²) in [5.41, 5.74) is 0. The van der Waals surface area contributed by atoms with Crippen molar-refractivity contribution < 1.29 is 10.2 Å². The van der Waals surface area contributed by atoms with Crippen LogP contribution < -0.4 is 0 Å². The summed E-state index contributed by atoms with van der Waals surface area (Å²) in [7, 11) is 0. The van der Waals surface area contributed by atoms with Gasteiger partial charge in [0.05, 0.1) is 4.90 Å². The molecule has 0 bridgehead atoms. The van der Waals surface area contributed by atoms with E-state index in [2.05, 4.69) is 0 Å². The number of aromatic hydroxyl groups is 2. The maximum atomic E-state index is 9.13. The third-order valence-corrected chi connectivity index (χ3v) is 1.97. The molecule has 0 fully saturated rings. The molecular weight excluding hydrogens is 148 g/mol. The molecule has 1 aromatic rings. The number of para-hydroxylation sites is 1. The van der Waals surface area contributed by atoms with Gasteiger partial charge in [0, 0.05) is 0 Å². The van der Waals surface area contributed by atoms with Crippen molar-refractivity contribution in [3.05, 3.63) is 18.2 Å². The smallest absolute Gasteiger partial charge is 0.171 e. The Bertz CT molecular complexity index is 235. The lowest BCUT2D eigenvalue weighted by Crippen LogP contribution is -1.72. The van der Waals surface area contributed by atoms with E-state index < -0.39 is 0 Å². The van der Waals surface area contributed by atoms with Gasteiger partial charge in [-0.15, -0.1) is 11.8 Å². The fourth-order valence-electron chi connectivity index (χ4n) is 0.675. The lowest BCUT2D eigenvalue weighted by Gasteiger charge is -2.00. The molecule has 1 rings (SSSR count). The molecule has 0 heterocycles. The second-order valence-corrected chi connectivity index (χ2v) is 2.68. The van der Waals surface area contributed by atoms with Gasteiger partial charge in [-0.3, -0.25) is 0 Å². The first-order valence-corrected chi connectivity index (χ1v) is 4.03. The van der Waals surface area contributed by atoms with E-state index >= 15 is 0 Å². The van der Waals surface area contributed by atoms with Gasteiger partial charge in [0.25, 0.3) is 0 Å². The van der Waals surface area contributed by atoms with Gasteiger partial charge in [-0.25, -0.2) is 0 Å². The maximum Gasteiger partial charge on any atom is 0.171 e. The van der Waals surface area contributed by atoms with Gasteiger partial charge in [-0.2, -0.15) is 0 Å². The monoisotopic (exact) mass is 156 g/mol. The van der Waals surface area contributed by atoms with Crippen LogP contribution in [0.1, 0.15) is 0 Å². The van der Waals surface area contributed by atoms with Gasteiger partial charge in [0.2, 0.25) is 0 Å². The second-order valence-electron chi connectivity index (χ2n) is 1.83. The largest absolute Gasteiger partial charge is 0.504 e. The molecule has 0 unspecified atom stereocenters. The highest BCUT2D eigenvalue weighted by Crippen LogP contribution is 2.33. The Kier molecular flexibility index (Phi) is 2.06. The van der Waals surface area contributed by atoms with Gasteiger partial charge in [-0.05, 0) is 18.4 Å². The molecule has 0 saturated carbocycles. The molecule has 0 aromatic heterocycles. The Morgan fingerprint density at radius 1 is 1.30 bits per heavy atom. The number of hydrogen-bond donors (Lipinski definition) is 2. The van der Waals surface area contributed by atoms with Crippen LogP contribution in [0.4, 0.5) is 0 Å². The van der Waals surface area contributed by atoms with E-state index in [4.69, 9.17) is 10.2 Å². The quantitative estimate of drug-likeness (QED) is 0.481. The molecule has 54 valence electrons. The van der Waals surface area contributed by atoms with Gasteiger partial charge >= 0.3 is 0 Å². The molecule has 2 N–H and O–H groups in total. The summed E-state index contributed by atoms with van der Waals surface area (Å²) < 4.78 is 0. The van der Waals surface area contributed by atoms with Crippen molar-refractivity contribution in [2.45, 2.75) is 4.90 Å². The number of phenolic OH excluding ortho intramolecular Hbond substituents is 2. The van der Waals surface area contributed by atoms with Gasteiger partial charge in [-0.1, -0.05) is 6.07 Å². The minimum atomic E-state index is -0.0631. The third kappa shape index (κ3) is 1.19. The predicted molar refractivity (Wildman–Crippen MR) is 41.6 cm³/mol. The molecule has 0 spiro atoms. The predicted octanol–water partition coefficient (Wildman–Crippen LogP) is 1.82. The topological polar surface area (TPSA) is 40.5 Å². The normalized spacial score (nSPS) is 9.70. The molecule has 0 aliphatic rings. The lowest BCUT2D eigenvalue weighted by atomic mass is 10.3. The second kappa shape index (κ2) is 2.84. The zero-order valence-electron chi connectivity index (χ0n) is 5.53. The van der Waals surface area contributed by atoms with Crippen LogP contribution in [0.25, 0.3) is 0 Å². The number of rotatable bonds is 1. The van der Waals surface area contributed by atoms with Crippen LogP contribution in [0.2, 0.25) is 0 Å². The van der Waals surface area contributed by atoms with Crippen LogP contribution >= 0.6 is 11.8 Å². The Morgan fingerprint density at radius 3 is 2.50 bits per heavy atom. The molecule has 3 heteroatoms. The average Bonchev–Trinajstić information content (AvgIpc) is 1.95. The van der Waals surface area contributed by atoms with Crippen molar-refractivity contribution in [3.8, 4) is 11.5 Å². The van der Waals surface area contributed by atoms with Crippen molar-refractivity contribution in [3.63, 3.8) is 0 Å². The molecule has 0 amide bonds. The molecule has 0 saturated heterocycles. The van der Waals surface area contributed by atoms with Crippen LogP contribution in [-0.2, 0) is 0 Å². The van der Waals surface area contributed by atoms with Gasteiger partial charge in [0.1, 0.15) is 0 Å². The van der Waals surface area contributed by atoms with Crippen LogP contribution in [0.3, 0.4) is 0 Å². The van der Waals surface area contributed by atoms with Crippen LogP contribution in [0.15, 0.2) is 23.1 Å². The van der Waals surface area contributed by atoms with Gasteiger partial charge in [0.15, 0.2) is 11.5 Å². The first-order valence-electron chi connectivity index (χ1n) is 2.80. The molecule has 1 aromatic carbocycles. The zero-order chi connectivity index (χ0) is 7.56. The summed E-state index contributed by atoms with van der Waals surface area (Å²) in [6.07, 6.45) is 1.84. The summed E-state index contributed by atoms with van der Waals surface area (Å²) >= 11 is 1.40. The average molecular weight is 156 g/mol. The Morgan fingerprint density at radius 2 is 2.00 bits per heavy atom. The molecule has 0 aliphatic heterocycles. The van der Waals surface area contributed by atoms with Gasteiger partial charge < -0.3 is 10.2 Å². The van der Waals surface area contributed by atoms with Crippen LogP contribution in [0, 0.1) is 0 Å². The van der Waals surface area contributed by atoms with E-state index in [1.54, 1.807) is 12.1 Å². The standard InChI is InChI=1S/C7H8O2S/c1-10-6-4-2-3-5(8)7(6)9/h2-4,8-9H,1H3. The fourth-order valence-corrected chi connectivity index (χ4v) is 1.19. The van der Waals surface area contributed by atoms with Crippen molar-refractivity contribution in [2.24, 2.45) is 0 Å². The summed E-state index contributed by atoms with van der Waals surface area (Å²) in [5, 5.41) is 18.1. The molecular formula is C7H8O2S. The molecule has 2 nitrogen and oxygen atoms in total. The van der Waals surface area contributed by atoms with Crippen molar-refractivity contribution in [2.75, 3.05) is 6.26 Å².